The number of alkyl halides is 1. The number of halogens is 1. The van der Waals surface area contributed by atoms with Gasteiger partial charge in [0.1, 0.15) is 0 Å². The number of aryl methyl sites for hydroxylation is 3. The molecule has 2 atom stereocenters. The molecule has 0 aliphatic heterocycles. The monoisotopic (exact) mass is 324 g/mol. The molecule has 0 saturated carbocycles. The maximum atomic E-state index is 3.96. The van der Waals surface area contributed by atoms with Crippen molar-refractivity contribution in [1.29, 1.82) is 0 Å². The van der Waals surface area contributed by atoms with Gasteiger partial charge in [0.15, 0.2) is 0 Å². The van der Waals surface area contributed by atoms with Gasteiger partial charge in [0.25, 0.3) is 0 Å². The molecule has 0 fully saturated rings. The van der Waals surface area contributed by atoms with Gasteiger partial charge in [0.05, 0.1) is 0 Å². The summed E-state index contributed by atoms with van der Waals surface area (Å²) in [5.41, 5.74) is 6.14. The highest BCUT2D eigenvalue weighted by atomic mass is 79.9. The van der Waals surface area contributed by atoms with Gasteiger partial charge < -0.3 is 0 Å². The SMILES string of the molecule is CCc1cc(CC)c(C(Br)CC(C)CC)c(CC)c1. The molecule has 0 aromatic heterocycles. The maximum Gasteiger partial charge on any atom is 0.0403 e. The van der Waals surface area contributed by atoms with Crippen molar-refractivity contribution in [2.24, 2.45) is 5.92 Å². The highest BCUT2D eigenvalue weighted by Crippen LogP contribution is 2.36. The molecule has 1 aromatic carbocycles. The van der Waals surface area contributed by atoms with Crippen LogP contribution in [0.5, 0.6) is 0 Å². The van der Waals surface area contributed by atoms with Gasteiger partial charge in [-0.2, -0.15) is 0 Å². The highest BCUT2D eigenvalue weighted by molar-refractivity contribution is 9.09. The number of hydrogen-bond acceptors (Lipinski definition) is 0. The van der Waals surface area contributed by atoms with Gasteiger partial charge in [0, 0.05) is 4.83 Å². The van der Waals surface area contributed by atoms with Crippen LogP contribution in [-0.2, 0) is 19.3 Å². The Balaban J connectivity index is 3.15. The first kappa shape index (κ1) is 16.8. The van der Waals surface area contributed by atoms with Crippen molar-refractivity contribution in [2.75, 3.05) is 0 Å². The van der Waals surface area contributed by atoms with Crippen molar-refractivity contribution in [2.45, 2.75) is 71.5 Å². The Morgan fingerprint density at radius 3 is 1.84 bits per heavy atom. The summed E-state index contributed by atoms with van der Waals surface area (Å²) in [7, 11) is 0. The molecule has 0 spiro atoms. The van der Waals surface area contributed by atoms with Crippen LogP contribution in [0.1, 0.15) is 74.5 Å². The minimum Gasteiger partial charge on any atom is -0.0838 e. The van der Waals surface area contributed by atoms with E-state index in [4.69, 9.17) is 0 Å². The Labute approximate surface area is 128 Å². The lowest BCUT2D eigenvalue weighted by atomic mass is 9.88. The fraction of sp³-hybridized carbons (Fsp3) is 0.667. The van der Waals surface area contributed by atoms with Crippen LogP contribution < -0.4 is 0 Å². The molecular weight excluding hydrogens is 296 g/mol. The number of rotatable bonds is 7. The molecule has 1 heteroatoms. The predicted molar refractivity (Wildman–Crippen MR) is 90.3 cm³/mol. The molecule has 0 saturated heterocycles. The Kier molecular flexibility index (Phi) is 7.13. The van der Waals surface area contributed by atoms with Crippen LogP contribution in [0.3, 0.4) is 0 Å². The average Bonchev–Trinajstić information content (AvgIpc) is 2.44. The molecule has 2 unspecified atom stereocenters. The van der Waals surface area contributed by atoms with Gasteiger partial charge in [0.2, 0.25) is 0 Å². The molecule has 0 radical (unpaired) electrons. The van der Waals surface area contributed by atoms with E-state index in [0.717, 1.165) is 25.2 Å². The van der Waals surface area contributed by atoms with E-state index in [1.165, 1.54) is 18.4 Å². The standard InChI is InChI=1S/C18H29Br/c1-6-13(5)10-17(19)18-15(8-3)11-14(7-2)12-16(18)9-4/h11-13,17H,6-10H2,1-5H3. The van der Waals surface area contributed by atoms with E-state index in [0.29, 0.717) is 4.83 Å². The third kappa shape index (κ3) is 4.34. The van der Waals surface area contributed by atoms with E-state index in [1.807, 2.05) is 0 Å². The fourth-order valence-corrected chi connectivity index (χ4v) is 3.91. The maximum absolute atomic E-state index is 3.96. The van der Waals surface area contributed by atoms with Crippen molar-refractivity contribution in [1.82, 2.24) is 0 Å². The van der Waals surface area contributed by atoms with E-state index in [2.05, 4.69) is 62.7 Å². The third-order valence-corrected chi connectivity index (χ3v) is 5.03. The lowest BCUT2D eigenvalue weighted by Crippen LogP contribution is -2.06. The first-order valence-corrected chi connectivity index (χ1v) is 8.77. The summed E-state index contributed by atoms with van der Waals surface area (Å²) in [6.07, 6.45) is 5.91. The summed E-state index contributed by atoms with van der Waals surface area (Å²) in [5.74, 6) is 0.782. The van der Waals surface area contributed by atoms with Gasteiger partial charge in [-0.1, -0.05) is 69.1 Å². The van der Waals surface area contributed by atoms with Gasteiger partial charge in [-0.15, -0.1) is 0 Å². The van der Waals surface area contributed by atoms with Crippen molar-refractivity contribution < 1.29 is 0 Å². The smallest absolute Gasteiger partial charge is 0.0403 e. The Morgan fingerprint density at radius 1 is 0.947 bits per heavy atom. The van der Waals surface area contributed by atoms with Crippen LogP contribution >= 0.6 is 15.9 Å². The van der Waals surface area contributed by atoms with Crippen molar-refractivity contribution in [3.63, 3.8) is 0 Å². The van der Waals surface area contributed by atoms with Crippen molar-refractivity contribution in [3.05, 3.63) is 34.4 Å². The summed E-state index contributed by atoms with van der Waals surface area (Å²) in [6, 6.07) is 4.83. The Hall–Kier alpha value is -0.300. The number of benzene rings is 1. The average molecular weight is 325 g/mol. The number of hydrogen-bond donors (Lipinski definition) is 0. The summed E-state index contributed by atoms with van der Waals surface area (Å²) < 4.78 is 0. The molecular formula is C18H29Br. The van der Waals surface area contributed by atoms with Crippen molar-refractivity contribution in [3.8, 4) is 0 Å². The van der Waals surface area contributed by atoms with Crippen LogP contribution in [0.4, 0.5) is 0 Å². The summed E-state index contributed by atoms with van der Waals surface area (Å²) >= 11 is 3.96. The molecule has 0 nitrogen and oxygen atoms in total. The first-order valence-electron chi connectivity index (χ1n) is 7.85. The first-order chi connectivity index (χ1) is 9.07. The minimum absolute atomic E-state index is 0.512. The van der Waals surface area contributed by atoms with Crippen LogP contribution in [0.25, 0.3) is 0 Å². The second-order valence-electron chi connectivity index (χ2n) is 5.61. The van der Waals surface area contributed by atoms with Crippen LogP contribution in [0.15, 0.2) is 12.1 Å². The molecule has 1 aromatic rings. The molecule has 108 valence electrons. The fourth-order valence-electron chi connectivity index (χ4n) is 2.68. The molecule has 0 N–H and O–H groups in total. The van der Waals surface area contributed by atoms with E-state index in [1.54, 1.807) is 16.7 Å². The van der Waals surface area contributed by atoms with E-state index in [-0.39, 0.29) is 0 Å². The lowest BCUT2D eigenvalue weighted by molar-refractivity contribution is 0.512. The molecule has 0 aliphatic carbocycles. The molecule has 0 aliphatic rings. The van der Waals surface area contributed by atoms with Gasteiger partial charge in [-0.05, 0) is 53.9 Å². The Bertz CT molecular complexity index is 370. The van der Waals surface area contributed by atoms with E-state index < -0.39 is 0 Å². The largest absolute Gasteiger partial charge is 0.0838 e. The third-order valence-electron chi connectivity index (χ3n) is 4.20. The van der Waals surface area contributed by atoms with Gasteiger partial charge in [-0.3, -0.25) is 0 Å². The zero-order valence-corrected chi connectivity index (χ0v) is 14.8. The lowest BCUT2D eigenvalue weighted by Gasteiger charge is -2.22. The van der Waals surface area contributed by atoms with Gasteiger partial charge in [-0.25, -0.2) is 0 Å². The molecule has 0 amide bonds. The molecule has 0 heterocycles. The highest BCUT2D eigenvalue weighted by Gasteiger charge is 2.18. The minimum atomic E-state index is 0.512. The van der Waals surface area contributed by atoms with Crippen LogP contribution in [0.2, 0.25) is 0 Å². The van der Waals surface area contributed by atoms with Crippen LogP contribution in [-0.4, -0.2) is 0 Å². The van der Waals surface area contributed by atoms with Crippen molar-refractivity contribution >= 4 is 15.9 Å². The van der Waals surface area contributed by atoms with E-state index in [9.17, 15) is 0 Å². The zero-order chi connectivity index (χ0) is 14.4. The molecule has 0 bridgehead atoms. The molecule has 1 rings (SSSR count). The zero-order valence-electron chi connectivity index (χ0n) is 13.2. The quantitative estimate of drug-likeness (QED) is 0.520. The van der Waals surface area contributed by atoms with E-state index >= 15 is 0 Å². The van der Waals surface area contributed by atoms with Gasteiger partial charge >= 0.3 is 0 Å². The predicted octanol–water partition coefficient (Wildman–Crippen LogP) is 6.25. The second-order valence-corrected chi connectivity index (χ2v) is 6.71. The Morgan fingerprint density at radius 2 is 1.47 bits per heavy atom. The van der Waals surface area contributed by atoms with Crippen LogP contribution in [0, 0.1) is 5.92 Å². The summed E-state index contributed by atoms with van der Waals surface area (Å²) in [6.45, 7) is 11.4. The topological polar surface area (TPSA) is 0 Å². The summed E-state index contributed by atoms with van der Waals surface area (Å²) in [4.78, 5) is 0.512. The second kappa shape index (κ2) is 8.09. The normalized spacial score (nSPS) is 14.4. The molecule has 19 heavy (non-hydrogen) atoms. The summed E-state index contributed by atoms with van der Waals surface area (Å²) in [5, 5.41) is 0.